The molecule has 0 atom stereocenters. The van der Waals surface area contributed by atoms with Gasteiger partial charge in [-0.1, -0.05) is 11.6 Å². The summed E-state index contributed by atoms with van der Waals surface area (Å²) in [5.41, 5.74) is 2.24. The molecule has 0 saturated carbocycles. The van der Waals surface area contributed by atoms with E-state index in [0.717, 1.165) is 18.4 Å². The van der Waals surface area contributed by atoms with Gasteiger partial charge in [0.15, 0.2) is 0 Å². The van der Waals surface area contributed by atoms with Crippen molar-refractivity contribution < 1.29 is 8.42 Å². The quantitative estimate of drug-likeness (QED) is 0.909. The van der Waals surface area contributed by atoms with E-state index in [2.05, 4.69) is 15.8 Å². The standard InChI is InChI=1S/C14H18ClN3O2S/c1-16-21(19,20)18-6-3-10(4-7-18)13-8-11(15)9-14-12(13)2-5-17-14/h2,5,8-10,16-17H,3-4,6-7H2,1H3. The van der Waals surface area contributed by atoms with Gasteiger partial charge in [-0.2, -0.15) is 12.7 Å². The van der Waals surface area contributed by atoms with E-state index in [1.807, 2.05) is 18.3 Å². The number of H-pyrrole nitrogens is 1. The average molecular weight is 328 g/mol. The molecule has 5 nitrogen and oxygen atoms in total. The summed E-state index contributed by atoms with van der Waals surface area (Å²) in [6, 6.07) is 5.98. The molecule has 0 aliphatic carbocycles. The minimum atomic E-state index is -3.32. The maximum atomic E-state index is 11.8. The van der Waals surface area contributed by atoms with Crippen molar-refractivity contribution in [2.45, 2.75) is 18.8 Å². The zero-order valence-corrected chi connectivity index (χ0v) is 13.3. The molecule has 1 aromatic carbocycles. The lowest BCUT2D eigenvalue weighted by molar-refractivity contribution is 0.317. The van der Waals surface area contributed by atoms with E-state index in [1.165, 1.54) is 22.3 Å². The first-order chi connectivity index (χ1) is 10.0. The summed E-state index contributed by atoms with van der Waals surface area (Å²) >= 11 is 6.19. The lowest BCUT2D eigenvalue weighted by Crippen LogP contribution is -2.43. The summed E-state index contributed by atoms with van der Waals surface area (Å²) in [7, 11) is -1.87. The summed E-state index contributed by atoms with van der Waals surface area (Å²) in [6.07, 6.45) is 3.52. The highest BCUT2D eigenvalue weighted by Gasteiger charge is 2.28. The highest BCUT2D eigenvalue weighted by Crippen LogP contribution is 2.35. The maximum Gasteiger partial charge on any atom is 0.279 e. The zero-order valence-electron chi connectivity index (χ0n) is 11.8. The van der Waals surface area contributed by atoms with E-state index in [1.54, 1.807) is 0 Å². The maximum absolute atomic E-state index is 11.8. The molecule has 0 radical (unpaired) electrons. The van der Waals surface area contributed by atoms with Crippen LogP contribution in [-0.4, -0.2) is 37.8 Å². The van der Waals surface area contributed by atoms with Crippen molar-refractivity contribution in [1.82, 2.24) is 14.0 Å². The lowest BCUT2D eigenvalue weighted by Gasteiger charge is -2.31. The molecule has 2 aromatic rings. The van der Waals surface area contributed by atoms with Crippen molar-refractivity contribution in [3.8, 4) is 0 Å². The Morgan fingerprint density at radius 2 is 2.05 bits per heavy atom. The Morgan fingerprint density at radius 3 is 2.71 bits per heavy atom. The summed E-state index contributed by atoms with van der Waals surface area (Å²) in [5.74, 6) is 0.338. The van der Waals surface area contributed by atoms with E-state index in [4.69, 9.17) is 11.6 Å². The first-order valence-corrected chi connectivity index (χ1v) is 8.78. The number of nitrogens with one attached hydrogen (secondary N) is 2. The molecule has 2 heterocycles. The minimum Gasteiger partial charge on any atom is -0.361 e. The topological polar surface area (TPSA) is 65.2 Å². The number of hydrogen-bond acceptors (Lipinski definition) is 2. The summed E-state index contributed by atoms with van der Waals surface area (Å²) < 4.78 is 27.5. The largest absolute Gasteiger partial charge is 0.361 e. The smallest absolute Gasteiger partial charge is 0.279 e. The van der Waals surface area contributed by atoms with Gasteiger partial charge in [0.2, 0.25) is 0 Å². The molecule has 1 aliphatic heterocycles. The average Bonchev–Trinajstić information content (AvgIpc) is 2.94. The number of piperidine rings is 1. The summed E-state index contributed by atoms with van der Waals surface area (Å²) in [5, 5.41) is 1.89. The molecule has 1 fully saturated rings. The highest BCUT2D eigenvalue weighted by molar-refractivity contribution is 7.87. The normalized spacial score (nSPS) is 18.4. The molecule has 3 rings (SSSR count). The lowest BCUT2D eigenvalue weighted by atomic mass is 9.88. The molecule has 114 valence electrons. The van der Waals surface area contributed by atoms with Crippen LogP contribution in [-0.2, 0) is 10.2 Å². The predicted octanol–water partition coefficient (Wildman–Crippen LogP) is 2.46. The Bertz CT molecular complexity index is 749. The Labute approximate surface area is 129 Å². The van der Waals surface area contributed by atoms with Crippen molar-refractivity contribution in [1.29, 1.82) is 0 Å². The van der Waals surface area contributed by atoms with Crippen molar-refractivity contribution in [2.75, 3.05) is 20.1 Å². The molecule has 0 unspecified atom stereocenters. The van der Waals surface area contributed by atoms with Gasteiger partial charge in [0.25, 0.3) is 10.2 Å². The molecule has 2 N–H and O–H groups in total. The fourth-order valence-electron chi connectivity index (χ4n) is 3.03. The van der Waals surface area contributed by atoms with Gasteiger partial charge in [-0.25, -0.2) is 4.72 Å². The Kier molecular flexibility index (Phi) is 3.96. The number of rotatable bonds is 3. The van der Waals surface area contributed by atoms with Gasteiger partial charge < -0.3 is 4.98 Å². The first-order valence-electron chi connectivity index (χ1n) is 6.96. The van der Waals surface area contributed by atoms with Gasteiger partial charge in [0, 0.05) is 42.3 Å². The molecule has 0 amide bonds. The Hall–Kier alpha value is -1.08. The van der Waals surface area contributed by atoms with Crippen LogP contribution >= 0.6 is 11.6 Å². The fourth-order valence-corrected chi connectivity index (χ4v) is 4.21. The second-order valence-corrected chi connectivity index (χ2v) is 7.63. The molecule has 1 saturated heterocycles. The van der Waals surface area contributed by atoms with Crippen LogP contribution in [0.15, 0.2) is 24.4 Å². The number of benzene rings is 1. The molecule has 0 bridgehead atoms. The van der Waals surface area contributed by atoms with E-state index in [0.29, 0.717) is 24.0 Å². The second kappa shape index (κ2) is 5.61. The summed E-state index contributed by atoms with van der Waals surface area (Å²) in [4.78, 5) is 3.18. The van der Waals surface area contributed by atoms with E-state index in [9.17, 15) is 8.42 Å². The van der Waals surface area contributed by atoms with Crippen LogP contribution < -0.4 is 4.72 Å². The molecular formula is C14H18ClN3O2S. The first kappa shape index (κ1) is 14.8. The van der Waals surface area contributed by atoms with Crippen LogP contribution in [0.5, 0.6) is 0 Å². The van der Waals surface area contributed by atoms with Gasteiger partial charge in [-0.15, -0.1) is 0 Å². The van der Waals surface area contributed by atoms with E-state index < -0.39 is 10.2 Å². The third-order valence-electron chi connectivity index (χ3n) is 4.16. The van der Waals surface area contributed by atoms with Gasteiger partial charge in [-0.05, 0) is 42.5 Å². The van der Waals surface area contributed by atoms with Gasteiger partial charge in [0.05, 0.1) is 0 Å². The number of halogens is 1. The van der Waals surface area contributed by atoms with Crippen LogP contribution in [0.1, 0.15) is 24.3 Å². The van der Waals surface area contributed by atoms with Crippen LogP contribution in [0.25, 0.3) is 10.9 Å². The number of aromatic nitrogens is 1. The molecule has 1 aliphatic rings. The van der Waals surface area contributed by atoms with E-state index >= 15 is 0 Å². The SMILES string of the molecule is CNS(=O)(=O)N1CCC(c2cc(Cl)cc3[nH]ccc23)CC1. The van der Waals surface area contributed by atoms with E-state index in [-0.39, 0.29) is 0 Å². The Balaban J connectivity index is 1.85. The molecular weight excluding hydrogens is 310 g/mol. The van der Waals surface area contributed by atoms with Crippen molar-refractivity contribution in [3.05, 3.63) is 35.0 Å². The Morgan fingerprint density at radius 1 is 1.33 bits per heavy atom. The molecule has 1 aromatic heterocycles. The molecule has 21 heavy (non-hydrogen) atoms. The predicted molar refractivity (Wildman–Crippen MR) is 84.8 cm³/mol. The second-order valence-electron chi connectivity index (χ2n) is 5.32. The van der Waals surface area contributed by atoms with Crippen LogP contribution in [0.4, 0.5) is 0 Å². The fraction of sp³-hybridized carbons (Fsp3) is 0.429. The molecule has 7 heteroatoms. The van der Waals surface area contributed by atoms with Crippen LogP contribution in [0.2, 0.25) is 5.02 Å². The number of nitrogens with zero attached hydrogens (tertiary/aromatic N) is 1. The van der Waals surface area contributed by atoms with Gasteiger partial charge >= 0.3 is 0 Å². The zero-order chi connectivity index (χ0) is 15.0. The van der Waals surface area contributed by atoms with Gasteiger partial charge in [-0.3, -0.25) is 0 Å². The molecule has 0 spiro atoms. The summed E-state index contributed by atoms with van der Waals surface area (Å²) in [6.45, 7) is 1.07. The van der Waals surface area contributed by atoms with Crippen molar-refractivity contribution in [2.24, 2.45) is 0 Å². The number of hydrogen-bond donors (Lipinski definition) is 2. The third kappa shape index (κ3) is 2.81. The van der Waals surface area contributed by atoms with Gasteiger partial charge in [0.1, 0.15) is 0 Å². The monoisotopic (exact) mass is 327 g/mol. The number of fused-ring (bicyclic) bond motifs is 1. The minimum absolute atomic E-state index is 0.338. The number of aromatic amines is 1. The van der Waals surface area contributed by atoms with Crippen molar-refractivity contribution >= 4 is 32.7 Å². The third-order valence-corrected chi connectivity index (χ3v) is 5.94. The van der Waals surface area contributed by atoms with Crippen molar-refractivity contribution in [3.63, 3.8) is 0 Å². The van der Waals surface area contributed by atoms with Crippen LogP contribution in [0, 0.1) is 0 Å². The highest BCUT2D eigenvalue weighted by atomic mass is 35.5. The van der Waals surface area contributed by atoms with Crippen LogP contribution in [0.3, 0.4) is 0 Å².